The van der Waals surface area contributed by atoms with Crippen molar-refractivity contribution in [1.29, 1.82) is 5.26 Å². The van der Waals surface area contributed by atoms with Crippen molar-refractivity contribution in [2.75, 3.05) is 24.2 Å². The number of aryl methyl sites for hydroxylation is 2. The second-order valence-electron chi connectivity index (χ2n) is 12.3. The molecule has 2 heterocycles. The molecule has 0 aliphatic carbocycles. The molecular formula is C32H39N5O4. The lowest BCUT2D eigenvalue weighted by molar-refractivity contribution is -0.153. The molecule has 216 valence electrons. The number of rotatable bonds is 7. The molecule has 4 rings (SSSR count). The summed E-state index contributed by atoms with van der Waals surface area (Å²) in [7, 11) is 1.53. The number of fused-ring (bicyclic) bond motifs is 2. The molecule has 9 nitrogen and oxygen atoms in total. The molecular weight excluding hydrogens is 518 g/mol. The minimum absolute atomic E-state index is 0.0401. The molecule has 1 fully saturated rings. The van der Waals surface area contributed by atoms with Crippen LogP contribution in [0.4, 0.5) is 11.4 Å². The zero-order chi connectivity index (χ0) is 30.3. The minimum Gasteiger partial charge on any atom is -0.333 e. The minimum atomic E-state index is -1.48. The first-order chi connectivity index (χ1) is 19.2. The summed E-state index contributed by atoms with van der Waals surface area (Å²) >= 11 is 0. The van der Waals surface area contributed by atoms with Crippen molar-refractivity contribution in [3.05, 3.63) is 59.2 Å². The predicted octanol–water partition coefficient (Wildman–Crippen LogP) is 4.16. The van der Waals surface area contributed by atoms with E-state index in [1.54, 1.807) is 13.8 Å². The molecule has 2 N–H and O–H groups in total. The number of amides is 4. The fraction of sp³-hybridized carbons (Fsp3) is 0.469. The molecule has 2 aromatic rings. The van der Waals surface area contributed by atoms with Crippen LogP contribution in [0, 0.1) is 36.5 Å². The van der Waals surface area contributed by atoms with Gasteiger partial charge in [0, 0.05) is 31.4 Å². The van der Waals surface area contributed by atoms with Crippen LogP contribution in [0.2, 0.25) is 0 Å². The maximum atomic E-state index is 14.2. The maximum Gasteiger partial charge on any atom is 0.246 e. The summed E-state index contributed by atoms with van der Waals surface area (Å²) in [4.78, 5) is 57.5. The Kier molecular flexibility index (Phi) is 7.99. The molecule has 0 radical (unpaired) electrons. The number of likely N-dealkylation sites (tertiary alicyclic amines) is 1. The molecule has 2 aliphatic rings. The number of para-hydroxylation sites is 2. The Labute approximate surface area is 241 Å². The average molecular weight is 558 g/mol. The van der Waals surface area contributed by atoms with Gasteiger partial charge in [-0.1, -0.05) is 50.2 Å². The number of nitriles is 1. The average Bonchev–Trinajstić information content (AvgIpc) is 3.45. The van der Waals surface area contributed by atoms with Crippen LogP contribution in [0.5, 0.6) is 0 Å². The van der Waals surface area contributed by atoms with E-state index in [1.165, 1.54) is 16.8 Å². The number of anilines is 2. The summed E-state index contributed by atoms with van der Waals surface area (Å²) in [6, 6.07) is 13.5. The number of likely N-dealkylation sites (N-methyl/N-ethyl adjacent to an activating group) is 1. The largest absolute Gasteiger partial charge is 0.333 e. The van der Waals surface area contributed by atoms with Crippen molar-refractivity contribution in [2.45, 2.75) is 71.9 Å². The van der Waals surface area contributed by atoms with Crippen LogP contribution in [-0.2, 0) is 24.6 Å². The van der Waals surface area contributed by atoms with Crippen molar-refractivity contribution in [2.24, 2.45) is 11.3 Å². The van der Waals surface area contributed by atoms with Crippen LogP contribution in [0.15, 0.2) is 42.5 Å². The number of nitrogens with zero attached hydrogens (tertiary/aromatic N) is 3. The molecule has 41 heavy (non-hydrogen) atoms. The van der Waals surface area contributed by atoms with E-state index in [-0.39, 0.29) is 24.8 Å². The van der Waals surface area contributed by atoms with Gasteiger partial charge in [-0.15, -0.1) is 0 Å². The molecule has 0 aromatic heterocycles. The number of hydrogen-bond acceptors (Lipinski definition) is 5. The Hall–Kier alpha value is -4.19. The second-order valence-corrected chi connectivity index (χ2v) is 12.3. The normalized spacial score (nSPS) is 20.4. The molecule has 4 amide bonds. The molecule has 0 saturated carbocycles. The summed E-state index contributed by atoms with van der Waals surface area (Å²) in [5, 5.41) is 15.9. The lowest BCUT2D eigenvalue weighted by Crippen LogP contribution is -2.56. The Morgan fingerprint density at radius 2 is 1.78 bits per heavy atom. The first kappa shape index (κ1) is 29.8. The molecule has 2 aliphatic heterocycles. The Morgan fingerprint density at radius 3 is 2.39 bits per heavy atom. The van der Waals surface area contributed by atoms with Crippen LogP contribution in [0.1, 0.15) is 57.2 Å². The highest BCUT2D eigenvalue weighted by molar-refractivity contribution is 6.11. The van der Waals surface area contributed by atoms with Crippen molar-refractivity contribution in [3.8, 4) is 6.07 Å². The van der Waals surface area contributed by atoms with Crippen LogP contribution in [0.3, 0.4) is 0 Å². The SMILES string of the molecule is Cc1cccc(C)c1NC(=O)C(C)(C)C(=O)N(C)[C@@H](CC(C)C)C(=O)N1C[C@]2(C[C@H]1C#N)C(=O)Nc1ccccc12. The van der Waals surface area contributed by atoms with E-state index in [9.17, 15) is 24.4 Å². The maximum absolute atomic E-state index is 14.2. The van der Waals surface area contributed by atoms with Gasteiger partial charge in [-0.2, -0.15) is 5.26 Å². The van der Waals surface area contributed by atoms with Gasteiger partial charge < -0.3 is 20.4 Å². The monoisotopic (exact) mass is 557 g/mol. The predicted molar refractivity (Wildman–Crippen MR) is 157 cm³/mol. The van der Waals surface area contributed by atoms with Gasteiger partial charge in [0.2, 0.25) is 23.6 Å². The van der Waals surface area contributed by atoms with Gasteiger partial charge >= 0.3 is 0 Å². The topological polar surface area (TPSA) is 123 Å². The van der Waals surface area contributed by atoms with Crippen LogP contribution < -0.4 is 10.6 Å². The molecule has 3 atom stereocenters. The van der Waals surface area contributed by atoms with E-state index in [0.717, 1.165) is 16.7 Å². The van der Waals surface area contributed by atoms with Crippen molar-refractivity contribution < 1.29 is 19.2 Å². The van der Waals surface area contributed by atoms with Crippen LogP contribution in [0.25, 0.3) is 0 Å². The molecule has 1 saturated heterocycles. The lowest BCUT2D eigenvalue weighted by Gasteiger charge is -2.36. The van der Waals surface area contributed by atoms with E-state index in [4.69, 9.17) is 0 Å². The highest BCUT2D eigenvalue weighted by Crippen LogP contribution is 2.46. The Morgan fingerprint density at radius 1 is 1.15 bits per heavy atom. The van der Waals surface area contributed by atoms with E-state index in [1.807, 2.05) is 70.2 Å². The van der Waals surface area contributed by atoms with Crippen molar-refractivity contribution >= 4 is 35.0 Å². The first-order valence-corrected chi connectivity index (χ1v) is 14.0. The number of nitrogens with one attached hydrogen (secondary N) is 2. The molecule has 1 spiro atoms. The summed E-state index contributed by atoms with van der Waals surface area (Å²) in [5.41, 5.74) is 1.37. The molecule has 0 bridgehead atoms. The number of carbonyl (C=O) groups excluding carboxylic acids is 4. The Balaban J connectivity index is 1.61. The molecule has 2 aromatic carbocycles. The van der Waals surface area contributed by atoms with Crippen molar-refractivity contribution in [1.82, 2.24) is 9.80 Å². The summed E-state index contributed by atoms with van der Waals surface area (Å²) < 4.78 is 0. The highest BCUT2D eigenvalue weighted by Gasteiger charge is 2.57. The van der Waals surface area contributed by atoms with Gasteiger partial charge in [0.05, 0.1) is 11.5 Å². The summed E-state index contributed by atoms with van der Waals surface area (Å²) in [6.45, 7) is 10.8. The van der Waals surface area contributed by atoms with Gasteiger partial charge in [-0.25, -0.2) is 0 Å². The van der Waals surface area contributed by atoms with Crippen LogP contribution in [-0.4, -0.2) is 59.1 Å². The third-order valence-electron chi connectivity index (χ3n) is 8.51. The third kappa shape index (κ3) is 5.19. The van der Waals surface area contributed by atoms with E-state index < -0.39 is 40.6 Å². The highest BCUT2D eigenvalue weighted by atomic mass is 16.2. The van der Waals surface area contributed by atoms with Gasteiger partial charge in [-0.05, 0) is 62.8 Å². The summed E-state index contributed by atoms with van der Waals surface area (Å²) in [6.07, 6.45) is 0.508. The molecule has 0 unspecified atom stereocenters. The number of carbonyl (C=O) groups is 4. The van der Waals surface area contributed by atoms with Gasteiger partial charge in [0.1, 0.15) is 17.5 Å². The standard InChI is InChI=1S/C32H39N5O4/c1-19(2)15-25(36(7)30(41)31(5,6)28(39)35-26-20(3)11-10-12-21(26)4)27(38)37-18-32(16-22(37)17-33)23-13-8-9-14-24(23)34-29(32)40/h8-14,19,22,25H,15-16,18H2,1-7H3,(H,34,40)(H,35,39)/t22-,25-,32-/m0/s1. The fourth-order valence-electron chi connectivity index (χ4n) is 6.01. The number of hydrogen-bond donors (Lipinski definition) is 2. The number of benzene rings is 2. The fourth-order valence-corrected chi connectivity index (χ4v) is 6.01. The van der Waals surface area contributed by atoms with E-state index in [2.05, 4.69) is 16.7 Å². The second kappa shape index (κ2) is 11.0. The van der Waals surface area contributed by atoms with Crippen LogP contribution >= 0.6 is 0 Å². The van der Waals surface area contributed by atoms with E-state index >= 15 is 0 Å². The zero-order valence-electron chi connectivity index (χ0n) is 24.9. The smallest absolute Gasteiger partial charge is 0.246 e. The van der Waals surface area contributed by atoms with Gasteiger partial charge in [-0.3, -0.25) is 19.2 Å². The third-order valence-corrected chi connectivity index (χ3v) is 8.51. The van der Waals surface area contributed by atoms with Gasteiger partial charge in [0.25, 0.3) is 0 Å². The lowest BCUT2D eigenvalue weighted by atomic mass is 9.80. The van der Waals surface area contributed by atoms with Crippen molar-refractivity contribution in [3.63, 3.8) is 0 Å². The first-order valence-electron chi connectivity index (χ1n) is 14.0. The molecule has 9 heteroatoms. The van der Waals surface area contributed by atoms with Gasteiger partial charge in [0.15, 0.2) is 0 Å². The Bertz CT molecular complexity index is 1420. The quantitative estimate of drug-likeness (QED) is 0.495. The summed E-state index contributed by atoms with van der Waals surface area (Å²) in [5.74, 6) is -1.58. The zero-order valence-corrected chi connectivity index (χ0v) is 24.9. The van der Waals surface area contributed by atoms with E-state index in [0.29, 0.717) is 17.8 Å².